The van der Waals surface area contributed by atoms with E-state index in [0.29, 0.717) is 28.2 Å². The normalized spacial score (nSPS) is 10.7. The molecule has 1 amide bonds. The number of anilines is 1. The average Bonchev–Trinajstić information content (AvgIpc) is 3.16. The zero-order valence-corrected chi connectivity index (χ0v) is 19.3. The molecule has 0 unspecified atom stereocenters. The molecule has 0 bridgehead atoms. The van der Waals surface area contributed by atoms with Gasteiger partial charge in [-0.1, -0.05) is 41.6 Å². The Balaban J connectivity index is 1.54. The first-order valence-electron chi connectivity index (χ1n) is 9.48. The number of amides is 1. The van der Waals surface area contributed by atoms with Crippen LogP contribution in [0.5, 0.6) is 0 Å². The fraction of sp³-hybridized carbons (Fsp3) is 0.190. The zero-order valence-electron chi connectivity index (χ0n) is 16.9. The third kappa shape index (κ3) is 6.84. The Hall–Kier alpha value is -2.82. The van der Waals surface area contributed by atoms with Crippen molar-refractivity contribution in [2.75, 3.05) is 11.1 Å². The van der Waals surface area contributed by atoms with Gasteiger partial charge in [-0.3, -0.25) is 14.9 Å². The standard InChI is InChI=1S/C21H20ClN5O3S2/c1-2-11-26-19(13-31-12-15-3-5-16(22)6-4-15)24-25-21(26)32-14-20(28)23-17-7-9-18(10-8-17)27(29)30/h2-10H,1,11-14H2,(H,23,28). The first kappa shape index (κ1) is 23.8. The highest BCUT2D eigenvalue weighted by Gasteiger charge is 2.14. The summed E-state index contributed by atoms with van der Waals surface area (Å²) in [4.78, 5) is 22.5. The number of nitro benzene ring substituents is 1. The van der Waals surface area contributed by atoms with Gasteiger partial charge >= 0.3 is 0 Å². The number of hydrogen-bond donors (Lipinski definition) is 1. The van der Waals surface area contributed by atoms with E-state index in [1.165, 1.54) is 41.6 Å². The third-order valence-electron chi connectivity index (χ3n) is 4.21. The van der Waals surface area contributed by atoms with E-state index < -0.39 is 4.92 Å². The van der Waals surface area contributed by atoms with Gasteiger partial charge in [0.1, 0.15) is 5.82 Å². The van der Waals surface area contributed by atoms with Gasteiger partial charge in [-0.15, -0.1) is 28.5 Å². The van der Waals surface area contributed by atoms with E-state index in [0.717, 1.165) is 11.6 Å². The molecule has 1 aromatic heterocycles. The van der Waals surface area contributed by atoms with E-state index in [2.05, 4.69) is 22.1 Å². The Morgan fingerprint density at radius 3 is 2.53 bits per heavy atom. The van der Waals surface area contributed by atoms with Gasteiger partial charge < -0.3 is 9.88 Å². The highest BCUT2D eigenvalue weighted by atomic mass is 35.5. The van der Waals surface area contributed by atoms with E-state index >= 15 is 0 Å². The lowest BCUT2D eigenvalue weighted by molar-refractivity contribution is -0.384. The summed E-state index contributed by atoms with van der Waals surface area (Å²) in [5.41, 5.74) is 1.64. The van der Waals surface area contributed by atoms with E-state index in [9.17, 15) is 14.9 Å². The fourth-order valence-corrected chi connectivity index (χ4v) is 4.50. The van der Waals surface area contributed by atoms with Gasteiger partial charge in [-0.25, -0.2) is 0 Å². The minimum absolute atomic E-state index is 0.0311. The van der Waals surface area contributed by atoms with Gasteiger partial charge in [0.2, 0.25) is 5.91 Å². The Morgan fingerprint density at radius 2 is 1.88 bits per heavy atom. The fourth-order valence-electron chi connectivity index (χ4n) is 2.68. The lowest BCUT2D eigenvalue weighted by Gasteiger charge is -2.08. The summed E-state index contributed by atoms with van der Waals surface area (Å²) < 4.78 is 1.94. The van der Waals surface area contributed by atoms with Crippen LogP contribution in [0.2, 0.25) is 5.02 Å². The topological polar surface area (TPSA) is 103 Å². The molecule has 1 N–H and O–H groups in total. The number of nitrogens with one attached hydrogen (secondary N) is 1. The van der Waals surface area contributed by atoms with E-state index in [-0.39, 0.29) is 17.3 Å². The van der Waals surface area contributed by atoms with Crippen molar-refractivity contribution in [3.8, 4) is 0 Å². The van der Waals surface area contributed by atoms with E-state index in [4.69, 9.17) is 11.6 Å². The Morgan fingerprint density at radius 1 is 1.16 bits per heavy atom. The quantitative estimate of drug-likeness (QED) is 0.171. The van der Waals surface area contributed by atoms with Crippen molar-refractivity contribution in [1.29, 1.82) is 0 Å². The second-order valence-corrected chi connectivity index (χ2v) is 8.92. The number of hydrogen-bond acceptors (Lipinski definition) is 7. The average molecular weight is 490 g/mol. The number of carbonyl (C=O) groups is 1. The van der Waals surface area contributed by atoms with Crippen molar-refractivity contribution in [3.63, 3.8) is 0 Å². The number of nitro groups is 1. The SMILES string of the molecule is C=CCn1c(CSCc2ccc(Cl)cc2)nnc1SCC(=O)Nc1ccc([N+](=O)[O-])cc1. The summed E-state index contributed by atoms with van der Waals surface area (Å²) in [6.07, 6.45) is 1.76. The lowest BCUT2D eigenvalue weighted by atomic mass is 10.2. The van der Waals surface area contributed by atoms with Crippen LogP contribution in [-0.4, -0.2) is 31.3 Å². The number of rotatable bonds is 11. The summed E-state index contributed by atoms with van der Waals surface area (Å²) in [7, 11) is 0. The number of carbonyl (C=O) groups excluding carboxylic acids is 1. The van der Waals surface area contributed by atoms with Gasteiger partial charge in [0.15, 0.2) is 5.16 Å². The number of nitrogens with zero attached hydrogens (tertiary/aromatic N) is 4. The summed E-state index contributed by atoms with van der Waals surface area (Å²) in [5.74, 6) is 2.18. The summed E-state index contributed by atoms with van der Waals surface area (Å²) >= 11 is 8.90. The Labute approximate surface area is 198 Å². The van der Waals surface area contributed by atoms with Crippen molar-refractivity contribution < 1.29 is 9.72 Å². The van der Waals surface area contributed by atoms with Gasteiger partial charge in [0.25, 0.3) is 5.69 Å². The monoisotopic (exact) mass is 489 g/mol. The van der Waals surface area contributed by atoms with Crippen LogP contribution in [0.15, 0.2) is 66.3 Å². The van der Waals surface area contributed by atoms with Crippen LogP contribution >= 0.6 is 35.1 Å². The molecule has 3 aromatic rings. The minimum atomic E-state index is -0.487. The number of aromatic nitrogens is 3. The Kier molecular flexibility index (Phi) is 8.72. The molecule has 32 heavy (non-hydrogen) atoms. The molecule has 8 nitrogen and oxygen atoms in total. The van der Waals surface area contributed by atoms with Crippen molar-refractivity contribution in [3.05, 3.63) is 87.7 Å². The van der Waals surface area contributed by atoms with Crippen LogP contribution in [0, 0.1) is 10.1 Å². The van der Waals surface area contributed by atoms with Crippen molar-refractivity contribution in [1.82, 2.24) is 14.8 Å². The molecule has 0 aliphatic heterocycles. The molecule has 0 saturated heterocycles. The largest absolute Gasteiger partial charge is 0.325 e. The maximum atomic E-state index is 12.3. The molecule has 0 radical (unpaired) electrons. The van der Waals surface area contributed by atoms with Crippen LogP contribution in [0.3, 0.4) is 0 Å². The molecular weight excluding hydrogens is 470 g/mol. The zero-order chi connectivity index (χ0) is 22.9. The molecule has 0 aliphatic carbocycles. The first-order chi connectivity index (χ1) is 15.5. The molecule has 2 aromatic carbocycles. The molecule has 166 valence electrons. The van der Waals surface area contributed by atoms with Crippen LogP contribution in [0.25, 0.3) is 0 Å². The Bertz CT molecular complexity index is 1090. The smallest absolute Gasteiger partial charge is 0.269 e. The van der Waals surface area contributed by atoms with Gasteiger partial charge in [0.05, 0.1) is 16.4 Å². The molecule has 3 rings (SSSR count). The number of halogens is 1. The molecule has 0 aliphatic rings. The molecular formula is C21H20ClN5O3S2. The third-order valence-corrected chi connectivity index (χ3v) is 6.43. The molecule has 0 spiro atoms. The van der Waals surface area contributed by atoms with Crippen LogP contribution in [0.4, 0.5) is 11.4 Å². The number of benzene rings is 2. The van der Waals surface area contributed by atoms with Crippen LogP contribution in [0.1, 0.15) is 11.4 Å². The van der Waals surface area contributed by atoms with Crippen LogP contribution in [-0.2, 0) is 22.8 Å². The highest BCUT2D eigenvalue weighted by Crippen LogP contribution is 2.23. The number of non-ortho nitro benzene ring substituents is 1. The van der Waals surface area contributed by atoms with Gasteiger partial charge in [-0.05, 0) is 29.8 Å². The second kappa shape index (κ2) is 11.7. The highest BCUT2D eigenvalue weighted by molar-refractivity contribution is 7.99. The van der Waals surface area contributed by atoms with E-state index in [1.54, 1.807) is 17.8 Å². The number of allylic oxidation sites excluding steroid dienone is 1. The predicted molar refractivity (Wildman–Crippen MR) is 129 cm³/mol. The number of thioether (sulfide) groups is 2. The maximum Gasteiger partial charge on any atom is 0.269 e. The summed E-state index contributed by atoms with van der Waals surface area (Å²) in [5, 5.41) is 23.3. The van der Waals surface area contributed by atoms with Crippen LogP contribution < -0.4 is 5.32 Å². The van der Waals surface area contributed by atoms with Gasteiger partial charge in [-0.2, -0.15) is 0 Å². The molecule has 0 atom stereocenters. The minimum Gasteiger partial charge on any atom is -0.325 e. The van der Waals surface area contributed by atoms with Crippen molar-refractivity contribution in [2.24, 2.45) is 0 Å². The van der Waals surface area contributed by atoms with Crippen molar-refractivity contribution >= 4 is 52.4 Å². The van der Waals surface area contributed by atoms with Gasteiger partial charge in [0, 0.05) is 35.1 Å². The molecule has 0 saturated carbocycles. The maximum absolute atomic E-state index is 12.3. The van der Waals surface area contributed by atoms with E-state index in [1.807, 2.05) is 28.8 Å². The summed E-state index contributed by atoms with van der Waals surface area (Å²) in [6, 6.07) is 13.4. The molecule has 1 heterocycles. The predicted octanol–water partition coefficient (Wildman–Crippen LogP) is 5.19. The second-order valence-electron chi connectivity index (χ2n) is 6.56. The molecule has 0 fully saturated rings. The molecule has 11 heteroatoms. The van der Waals surface area contributed by atoms with Crippen molar-refractivity contribution in [2.45, 2.75) is 23.2 Å². The first-order valence-corrected chi connectivity index (χ1v) is 12.0. The lowest BCUT2D eigenvalue weighted by Crippen LogP contribution is -2.14. The summed E-state index contributed by atoms with van der Waals surface area (Å²) in [6.45, 7) is 4.33.